The van der Waals surface area contributed by atoms with E-state index in [9.17, 15) is 14.9 Å². The van der Waals surface area contributed by atoms with Crippen LogP contribution in [0.25, 0.3) is 11.4 Å². The molecule has 0 saturated heterocycles. The Morgan fingerprint density at radius 3 is 2.48 bits per heavy atom. The Hall–Kier alpha value is -3.55. The lowest BCUT2D eigenvalue weighted by molar-refractivity contribution is -0.384. The van der Waals surface area contributed by atoms with Crippen LogP contribution in [0.1, 0.15) is 37.6 Å². The molecule has 0 bridgehead atoms. The van der Waals surface area contributed by atoms with E-state index >= 15 is 0 Å². The Kier molecular flexibility index (Phi) is 7.86. The Morgan fingerprint density at radius 2 is 1.81 bits per heavy atom. The Balaban J connectivity index is 1.58. The predicted molar refractivity (Wildman–Crippen MR) is 116 cm³/mol. The largest absolute Gasteiger partial charge is 0.342 e. The number of amides is 1. The van der Waals surface area contributed by atoms with Crippen molar-refractivity contribution in [1.82, 2.24) is 15.0 Å². The van der Waals surface area contributed by atoms with Gasteiger partial charge in [-0.1, -0.05) is 48.8 Å². The molecule has 3 aromatic rings. The van der Waals surface area contributed by atoms with E-state index in [1.54, 1.807) is 12.1 Å². The van der Waals surface area contributed by atoms with Gasteiger partial charge >= 0.3 is 0 Å². The summed E-state index contributed by atoms with van der Waals surface area (Å²) in [6.45, 7) is 3.31. The van der Waals surface area contributed by atoms with E-state index in [1.165, 1.54) is 12.1 Å². The highest BCUT2D eigenvalue weighted by atomic mass is 16.6. The lowest BCUT2D eigenvalue weighted by atomic mass is 10.1. The molecule has 1 heterocycles. The summed E-state index contributed by atoms with van der Waals surface area (Å²) in [7, 11) is 0. The van der Waals surface area contributed by atoms with E-state index in [-0.39, 0.29) is 11.6 Å². The second-order valence-electron chi connectivity index (χ2n) is 7.29. The lowest BCUT2D eigenvalue weighted by Crippen LogP contribution is -2.34. The molecule has 31 heavy (non-hydrogen) atoms. The van der Waals surface area contributed by atoms with Crippen molar-refractivity contribution in [3.05, 3.63) is 76.2 Å². The van der Waals surface area contributed by atoms with Gasteiger partial charge in [-0.3, -0.25) is 14.9 Å². The molecular formula is C23H26N4O4. The Labute approximate surface area is 181 Å². The van der Waals surface area contributed by atoms with E-state index < -0.39 is 4.92 Å². The van der Waals surface area contributed by atoms with Crippen molar-refractivity contribution < 1.29 is 14.2 Å². The van der Waals surface area contributed by atoms with Crippen LogP contribution in [0, 0.1) is 10.1 Å². The first-order valence-corrected chi connectivity index (χ1v) is 10.5. The normalized spacial score (nSPS) is 10.7. The summed E-state index contributed by atoms with van der Waals surface area (Å²) in [6, 6.07) is 16.0. The summed E-state index contributed by atoms with van der Waals surface area (Å²) in [6.07, 6.45) is 3.59. The number of nitro groups is 1. The van der Waals surface area contributed by atoms with Crippen LogP contribution < -0.4 is 0 Å². The molecule has 0 saturated carbocycles. The minimum atomic E-state index is -0.453. The minimum absolute atomic E-state index is 0.00745. The molecule has 1 aromatic heterocycles. The number of benzene rings is 2. The molecule has 162 valence electrons. The summed E-state index contributed by atoms with van der Waals surface area (Å²) in [5.74, 6) is 0.929. The first-order valence-electron chi connectivity index (χ1n) is 10.5. The van der Waals surface area contributed by atoms with Crippen molar-refractivity contribution in [3.8, 4) is 11.4 Å². The van der Waals surface area contributed by atoms with Crippen LogP contribution in [0.5, 0.6) is 0 Å². The van der Waals surface area contributed by atoms with Gasteiger partial charge in [0.15, 0.2) is 0 Å². The molecule has 0 aliphatic heterocycles. The highest BCUT2D eigenvalue weighted by Crippen LogP contribution is 2.20. The fourth-order valence-corrected chi connectivity index (χ4v) is 3.20. The standard InChI is InChI=1S/C23H26N4O4/c1-2-3-16-26(22(28)14-9-18-7-5-4-6-8-18)17-15-21-24-23(25-31-21)19-10-12-20(13-11-19)27(29)30/h4-8,10-13H,2-3,9,14-17H2,1H3. The number of hydrogen-bond acceptors (Lipinski definition) is 6. The van der Waals surface area contributed by atoms with Crippen LogP contribution in [-0.2, 0) is 17.6 Å². The van der Waals surface area contributed by atoms with Gasteiger partial charge in [0.05, 0.1) is 4.92 Å². The number of aryl methyl sites for hydroxylation is 1. The average molecular weight is 422 g/mol. The zero-order valence-corrected chi connectivity index (χ0v) is 17.6. The first kappa shape index (κ1) is 22.1. The zero-order valence-electron chi connectivity index (χ0n) is 17.6. The van der Waals surface area contributed by atoms with Crippen molar-refractivity contribution in [3.63, 3.8) is 0 Å². The van der Waals surface area contributed by atoms with Crippen molar-refractivity contribution in [1.29, 1.82) is 0 Å². The number of carbonyl (C=O) groups is 1. The molecule has 0 N–H and O–H groups in total. The number of rotatable bonds is 11. The number of nitro benzene ring substituents is 1. The molecule has 0 radical (unpaired) electrons. The van der Waals surface area contributed by atoms with Gasteiger partial charge in [0.25, 0.3) is 5.69 Å². The quantitative estimate of drug-likeness (QED) is 0.334. The lowest BCUT2D eigenvalue weighted by Gasteiger charge is -2.22. The van der Waals surface area contributed by atoms with Crippen molar-refractivity contribution in [2.75, 3.05) is 13.1 Å². The Morgan fingerprint density at radius 1 is 1.06 bits per heavy atom. The maximum atomic E-state index is 12.8. The number of unbranched alkanes of at least 4 members (excludes halogenated alkanes) is 1. The van der Waals surface area contributed by atoms with E-state index in [0.717, 1.165) is 18.4 Å². The Bertz CT molecular complexity index is 986. The van der Waals surface area contributed by atoms with E-state index in [1.807, 2.05) is 35.2 Å². The van der Waals surface area contributed by atoms with Gasteiger partial charge in [0, 0.05) is 43.6 Å². The summed E-state index contributed by atoms with van der Waals surface area (Å²) >= 11 is 0. The van der Waals surface area contributed by atoms with Gasteiger partial charge in [-0.05, 0) is 30.5 Å². The summed E-state index contributed by atoms with van der Waals surface area (Å²) in [5.41, 5.74) is 1.80. The molecule has 8 heteroatoms. The van der Waals surface area contributed by atoms with Crippen molar-refractivity contribution in [2.24, 2.45) is 0 Å². The third kappa shape index (κ3) is 6.47. The van der Waals surface area contributed by atoms with Gasteiger partial charge in [0.1, 0.15) is 0 Å². The number of hydrogen-bond donors (Lipinski definition) is 0. The molecule has 2 aromatic carbocycles. The molecule has 3 rings (SSSR count). The fraction of sp³-hybridized carbons (Fsp3) is 0.348. The molecule has 0 fully saturated rings. The monoisotopic (exact) mass is 422 g/mol. The third-order valence-corrected chi connectivity index (χ3v) is 5.00. The van der Waals surface area contributed by atoms with Crippen LogP contribution in [0.4, 0.5) is 5.69 Å². The summed E-state index contributed by atoms with van der Waals surface area (Å²) in [4.78, 5) is 29.3. The van der Waals surface area contributed by atoms with E-state index in [4.69, 9.17) is 4.52 Å². The van der Waals surface area contributed by atoms with Gasteiger partial charge < -0.3 is 9.42 Å². The molecule has 0 spiro atoms. The number of aromatic nitrogens is 2. The topological polar surface area (TPSA) is 102 Å². The van der Waals surface area contributed by atoms with Crippen LogP contribution in [0.2, 0.25) is 0 Å². The maximum Gasteiger partial charge on any atom is 0.269 e. The molecule has 0 atom stereocenters. The van der Waals surface area contributed by atoms with Gasteiger partial charge in [-0.2, -0.15) is 4.98 Å². The minimum Gasteiger partial charge on any atom is -0.342 e. The number of carbonyl (C=O) groups excluding carboxylic acids is 1. The second kappa shape index (κ2) is 11.0. The number of nitrogens with zero attached hydrogens (tertiary/aromatic N) is 4. The van der Waals surface area contributed by atoms with E-state index in [2.05, 4.69) is 17.1 Å². The maximum absolute atomic E-state index is 12.8. The second-order valence-corrected chi connectivity index (χ2v) is 7.29. The van der Waals surface area contributed by atoms with Gasteiger partial charge in [-0.15, -0.1) is 0 Å². The van der Waals surface area contributed by atoms with Gasteiger partial charge in [-0.25, -0.2) is 0 Å². The van der Waals surface area contributed by atoms with Crippen LogP contribution in [0.3, 0.4) is 0 Å². The molecule has 0 aliphatic rings. The van der Waals surface area contributed by atoms with Crippen LogP contribution in [0.15, 0.2) is 59.1 Å². The van der Waals surface area contributed by atoms with Crippen LogP contribution in [-0.4, -0.2) is 39.0 Å². The number of non-ortho nitro benzene ring substituents is 1. The SMILES string of the molecule is CCCCN(CCc1nc(-c2ccc([N+](=O)[O-])cc2)no1)C(=O)CCc1ccccc1. The van der Waals surface area contributed by atoms with Crippen molar-refractivity contribution in [2.45, 2.75) is 39.0 Å². The fourth-order valence-electron chi connectivity index (χ4n) is 3.20. The van der Waals surface area contributed by atoms with Gasteiger partial charge in [0.2, 0.25) is 17.6 Å². The molecule has 1 amide bonds. The smallest absolute Gasteiger partial charge is 0.269 e. The van der Waals surface area contributed by atoms with Crippen LogP contribution >= 0.6 is 0 Å². The summed E-state index contributed by atoms with van der Waals surface area (Å²) < 4.78 is 5.33. The highest BCUT2D eigenvalue weighted by Gasteiger charge is 2.16. The highest BCUT2D eigenvalue weighted by molar-refractivity contribution is 5.76. The summed E-state index contributed by atoms with van der Waals surface area (Å²) in [5, 5.41) is 14.7. The molecule has 0 unspecified atom stereocenters. The zero-order chi connectivity index (χ0) is 22.1. The van der Waals surface area contributed by atoms with E-state index in [0.29, 0.717) is 49.6 Å². The van der Waals surface area contributed by atoms with Crippen molar-refractivity contribution >= 4 is 11.6 Å². The molecular weight excluding hydrogens is 396 g/mol. The molecule has 0 aliphatic carbocycles. The predicted octanol–water partition coefficient (Wildman–Crippen LogP) is 4.45. The first-order chi connectivity index (χ1) is 15.1. The third-order valence-electron chi connectivity index (χ3n) is 5.00. The molecule has 8 nitrogen and oxygen atoms in total. The average Bonchev–Trinajstić information content (AvgIpc) is 3.27.